The average Bonchev–Trinajstić information content (AvgIpc) is 2.96. The van der Waals surface area contributed by atoms with Crippen molar-refractivity contribution < 1.29 is 13.9 Å². The van der Waals surface area contributed by atoms with Gasteiger partial charge >= 0.3 is 5.97 Å². The van der Waals surface area contributed by atoms with E-state index in [1.807, 2.05) is 6.07 Å². The number of pyridine rings is 1. The Kier molecular flexibility index (Phi) is 4.99. The number of carbonyl (C=O) groups is 1. The van der Waals surface area contributed by atoms with Crippen LogP contribution in [-0.2, 0) is 16.0 Å². The van der Waals surface area contributed by atoms with E-state index in [0.717, 1.165) is 0 Å². The van der Waals surface area contributed by atoms with Crippen LogP contribution in [0.5, 0.6) is 0 Å². The number of benzene rings is 1. The van der Waals surface area contributed by atoms with E-state index < -0.39 is 11.8 Å². The number of rotatable bonds is 5. The Labute approximate surface area is 148 Å². The Bertz CT molecular complexity index is 1040. The van der Waals surface area contributed by atoms with Gasteiger partial charge in [-0.15, -0.1) is 10.2 Å². The first-order valence-corrected chi connectivity index (χ1v) is 7.84. The van der Waals surface area contributed by atoms with Gasteiger partial charge in [0.05, 0.1) is 36.0 Å². The number of ether oxygens (including phenoxy) is 1. The summed E-state index contributed by atoms with van der Waals surface area (Å²) in [5.74, 6) is -0.699. The van der Waals surface area contributed by atoms with Gasteiger partial charge in [0.1, 0.15) is 11.5 Å². The summed E-state index contributed by atoms with van der Waals surface area (Å²) in [6.45, 7) is 1.96. The number of nitrogens with zero attached hydrogens (tertiary/aromatic N) is 5. The van der Waals surface area contributed by atoms with Gasteiger partial charge in [0.15, 0.2) is 5.82 Å². The van der Waals surface area contributed by atoms with E-state index in [0.29, 0.717) is 22.6 Å². The number of azo groups is 1. The van der Waals surface area contributed by atoms with Crippen LogP contribution >= 0.6 is 0 Å². The fourth-order valence-electron chi connectivity index (χ4n) is 2.37. The highest BCUT2D eigenvalue weighted by atomic mass is 19.1. The van der Waals surface area contributed by atoms with Crippen molar-refractivity contribution in [1.82, 2.24) is 9.38 Å². The number of aromatic nitrogens is 2. The molecule has 0 aliphatic heterocycles. The van der Waals surface area contributed by atoms with Crippen molar-refractivity contribution in [2.45, 2.75) is 13.3 Å². The lowest BCUT2D eigenvalue weighted by atomic mass is 10.2. The number of hydrogen-bond acceptors (Lipinski definition) is 6. The first-order chi connectivity index (χ1) is 12.6. The van der Waals surface area contributed by atoms with Crippen molar-refractivity contribution >= 4 is 23.1 Å². The summed E-state index contributed by atoms with van der Waals surface area (Å²) >= 11 is 0. The molecule has 7 nitrogen and oxygen atoms in total. The van der Waals surface area contributed by atoms with Crippen LogP contribution < -0.4 is 0 Å². The maximum absolute atomic E-state index is 13.6. The Hall–Kier alpha value is -3.60. The van der Waals surface area contributed by atoms with Gasteiger partial charge in [-0.3, -0.25) is 9.20 Å². The molecule has 0 aliphatic carbocycles. The van der Waals surface area contributed by atoms with E-state index in [4.69, 9.17) is 10.00 Å². The van der Waals surface area contributed by atoms with E-state index in [2.05, 4.69) is 15.2 Å². The molecule has 0 radical (unpaired) electrons. The van der Waals surface area contributed by atoms with Gasteiger partial charge in [-0.05, 0) is 37.3 Å². The zero-order valence-corrected chi connectivity index (χ0v) is 13.9. The third kappa shape index (κ3) is 3.72. The first-order valence-electron chi connectivity index (χ1n) is 7.84. The normalized spacial score (nSPS) is 11.0. The summed E-state index contributed by atoms with van der Waals surface area (Å²) in [5, 5.41) is 17.2. The molecule has 0 bridgehead atoms. The molecule has 0 saturated heterocycles. The summed E-state index contributed by atoms with van der Waals surface area (Å²) < 4.78 is 20.0. The first kappa shape index (κ1) is 17.2. The van der Waals surface area contributed by atoms with Gasteiger partial charge in [-0.2, -0.15) is 5.26 Å². The van der Waals surface area contributed by atoms with Crippen LogP contribution in [0, 0.1) is 17.1 Å². The number of nitriles is 1. The van der Waals surface area contributed by atoms with Gasteiger partial charge < -0.3 is 4.74 Å². The standard InChI is InChI=1S/C18H14FN5O2/c1-2-26-17(25)9-15-18(24-11-13(19)6-7-16(24)21-15)23-22-14-5-3-4-12(8-14)10-20/h3-8,11H,2,9H2,1H3. The van der Waals surface area contributed by atoms with E-state index in [9.17, 15) is 9.18 Å². The third-order valence-corrected chi connectivity index (χ3v) is 3.48. The molecule has 130 valence electrons. The lowest BCUT2D eigenvalue weighted by Gasteiger charge is -2.00. The van der Waals surface area contributed by atoms with Crippen molar-refractivity contribution in [3.63, 3.8) is 0 Å². The molecule has 0 aliphatic rings. The van der Waals surface area contributed by atoms with Crippen molar-refractivity contribution in [3.05, 3.63) is 59.7 Å². The molecule has 0 spiro atoms. The number of fused-ring (bicyclic) bond motifs is 1. The zero-order valence-electron chi connectivity index (χ0n) is 13.9. The second-order valence-corrected chi connectivity index (χ2v) is 5.30. The highest BCUT2D eigenvalue weighted by molar-refractivity contribution is 5.74. The van der Waals surface area contributed by atoms with E-state index in [-0.39, 0.29) is 18.8 Å². The smallest absolute Gasteiger partial charge is 0.312 e. The number of carbonyl (C=O) groups excluding carboxylic acids is 1. The second-order valence-electron chi connectivity index (χ2n) is 5.30. The topological polar surface area (TPSA) is 92.1 Å². The van der Waals surface area contributed by atoms with Crippen LogP contribution in [0.15, 0.2) is 52.8 Å². The summed E-state index contributed by atoms with van der Waals surface area (Å²) in [6.07, 6.45) is 1.11. The zero-order chi connectivity index (χ0) is 18.5. The van der Waals surface area contributed by atoms with Crippen molar-refractivity contribution in [2.24, 2.45) is 10.2 Å². The van der Waals surface area contributed by atoms with Crippen LogP contribution in [-0.4, -0.2) is 22.0 Å². The Morgan fingerprint density at radius 3 is 2.96 bits per heavy atom. The van der Waals surface area contributed by atoms with Crippen molar-refractivity contribution in [1.29, 1.82) is 5.26 Å². The predicted octanol–water partition coefficient (Wildman–Crippen LogP) is 3.87. The molecule has 0 atom stereocenters. The fraction of sp³-hybridized carbons (Fsp3) is 0.167. The monoisotopic (exact) mass is 351 g/mol. The molecule has 26 heavy (non-hydrogen) atoms. The molecule has 2 aromatic heterocycles. The molecular weight excluding hydrogens is 337 g/mol. The van der Waals surface area contributed by atoms with Gasteiger partial charge in [-0.1, -0.05) is 6.07 Å². The third-order valence-electron chi connectivity index (χ3n) is 3.48. The molecule has 3 rings (SSSR count). The molecule has 8 heteroatoms. The van der Waals surface area contributed by atoms with Gasteiger partial charge in [0.25, 0.3) is 0 Å². The van der Waals surface area contributed by atoms with Crippen LogP contribution in [0.4, 0.5) is 15.9 Å². The summed E-state index contributed by atoms with van der Waals surface area (Å²) in [4.78, 5) is 16.1. The molecule has 0 amide bonds. The molecule has 3 aromatic rings. The fourth-order valence-corrected chi connectivity index (χ4v) is 2.37. The van der Waals surface area contributed by atoms with Gasteiger partial charge in [0.2, 0.25) is 0 Å². The minimum Gasteiger partial charge on any atom is -0.466 e. The van der Waals surface area contributed by atoms with Gasteiger partial charge in [-0.25, -0.2) is 9.37 Å². The quantitative estimate of drug-likeness (QED) is 0.515. The average molecular weight is 351 g/mol. The highest BCUT2D eigenvalue weighted by Crippen LogP contribution is 2.25. The van der Waals surface area contributed by atoms with Crippen LogP contribution in [0.1, 0.15) is 18.2 Å². The highest BCUT2D eigenvalue weighted by Gasteiger charge is 2.16. The molecular formula is C18H14FN5O2. The maximum Gasteiger partial charge on any atom is 0.312 e. The SMILES string of the molecule is CCOC(=O)Cc1nc2ccc(F)cn2c1N=Nc1cccc(C#N)c1. The van der Waals surface area contributed by atoms with Crippen molar-refractivity contribution in [2.75, 3.05) is 6.61 Å². The van der Waals surface area contributed by atoms with E-state index in [1.165, 1.54) is 22.7 Å². The summed E-state index contributed by atoms with van der Waals surface area (Å²) in [6, 6.07) is 11.4. The molecule has 0 saturated carbocycles. The second kappa shape index (κ2) is 7.53. The molecule has 0 N–H and O–H groups in total. The number of hydrogen-bond donors (Lipinski definition) is 0. The lowest BCUT2D eigenvalue weighted by molar-refractivity contribution is -0.142. The van der Waals surface area contributed by atoms with Gasteiger partial charge in [0, 0.05) is 6.20 Å². The molecule has 0 unspecified atom stereocenters. The van der Waals surface area contributed by atoms with E-state index in [1.54, 1.807) is 31.2 Å². The summed E-state index contributed by atoms with van der Waals surface area (Å²) in [7, 11) is 0. The number of esters is 1. The van der Waals surface area contributed by atoms with Crippen LogP contribution in [0.25, 0.3) is 5.65 Å². The van der Waals surface area contributed by atoms with E-state index >= 15 is 0 Å². The molecule has 0 fully saturated rings. The van der Waals surface area contributed by atoms with Crippen molar-refractivity contribution in [3.8, 4) is 6.07 Å². The van der Waals surface area contributed by atoms with Crippen LogP contribution in [0.3, 0.4) is 0 Å². The lowest BCUT2D eigenvalue weighted by Crippen LogP contribution is -2.07. The predicted molar refractivity (Wildman–Crippen MR) is 90.8 cm³/mol. The number of imidazole rings is 1. The maximum atomic E-state index is 13.6. The number of halogens is 1. The Morgan fingerprint density at radius 1 is 1.35 bits per heavy atom. The van der Waals surface area contributed by atoms with Crippen LogP contribution in [0.2, 0.25) is 0 Å². The largest absolute Gasteiger partial charge is 0.466 e. The minimum atomic E-state index is -0.472. The molecule has 1 aromatic carbocycles. The Morgan fingerprint density at radius 2 is 2.19 bits per heavy atom. The molecule has 2 heterocycles. The summed E-state index contributed by atoms with van der Waals surface area (Å²) in [5.41, 5.74) is 1.66. The Balaban J connectivity index is 2.03. The minimum absolute atomic E-state index is 0.107.